The van der Waals surface area contributed by atoms with Gasteiger partial charge in [0.1, 0.15) is 5.75 Å². The number of likely N-dealkylation sites (N-methyl/N-ethyl adjacent to an activating group) is 1. The minimum Gasteiger partial charge on any atom is -0.497 e. The zero-order valence-corrected chi connectivity index (χ0v) is 11.0. The highest BCUT2D eigenvalue weighted by molar-refractivity contribution is 5.78. The van der Waals surface area contributed by atoms with E-state index in [2.05, 4.69) is 6.07 Å². The fraction of sp³-hybridized carbons (Fsp3) is 0.429. The highest BCUT2D eigenvalue weighted by atomic mass is 16.5. The Balaban J connectivity index is 2.61. The lowest BCUT2D eigenvalue weighted by atomic mass is 10.1. The molecule has 0 N–H and O–H groups in total. The molecule has 1 atom stereocenters. The largest absolute Gasteiger partial charge is 0.497 e. The van der Waals surface area contributed by atoms with Crippen molar-refractivity contribution in [2.45, 2.75) is 13.3 Å². The van der Waals surface area contributed by atoms with Gasteiger partial charge in [0, 0.05) is 13.6 Å². The van der Waals surface area contributed by atoms with Crippen molar-refractivity contribution in [3.05, 3.63) is 29.8 Å². The standard InChI is InChI=1S/C14H18N2O2/c1-11(9-15)10-16(2)14(17)8-12-5-4-6-13(7-12)18-3/h4-7,11H,8,10H2,1-3H3. The number of nitrogens with zero attached hydrogens (tertiary/aromatic N) is 2. The van der Waals surface area contributed by atoms with Gasteiger partial charge in [0.2, 0.25) is 5.91 Å². The van der Waals surface area contributed by atoms with Crippen molar-refractivity contribution < 1.29 is 9.53 Å². The zero-order chi connectivity index (χ0) is 13.5. The molecule has 0 saturated heterocycles. The average molecular weight is 246 g/mol. The van der Waals surface area contributed by atoms with Gasteiger partial charge < -0.3 is 9.64 Å². The predicted octanol–water partition coefficient (Wildman–Crippen LogP) is 1.86. The van der Waals surface area contributed by atoms with Gasteiger partial charge in [-0.3, -0.25) is 4.79 Å². The Kier molecular flexibility index (Phi) is 5.19. The summed E-state index contributed by atoms with van der Waals surface area (Å²) in [5.41, 5.74) is 0.913. The van der Waals surface area contributed by atoms with E-state index in [1.807, 2.05) is 24.3 Å². The summed E-state index contributed by atoms with van der Waals surface area (Å²) in [6, 6.07) is 9.56. The van der Waals surface area contributed by atoms with E-state index in [0.29, 0.717) is 13.0 Å². The number of carbonyl (C=O) groups excluding carboxylic acids is 1. The molecule has 1 rings (SSSR count). The van der Waals surface area contributed by atoms with Crippen LogP contribution in [0.5, 0.6) is 5.75 Å². The lowest BCUT2D eigenvalue weighted by molar-refractivity contribution is -0.129. The van der Waals surface area contributed by atoms with Crippen LogP contribution in [-0.4, -0.2) is 31.5 Å². The van der Waals surface area contributed by atoms with E-state index in [9.17, 15) is 4.79 Å². The molecule has 1 amide bonds. The van der Waals surface area contributed by atoms with Crippen LogP contribution in [0.15, 0.2) is 24.3 Å². The van der Waals surface area contributed by atoms with Crippen LogP contribution in [0.1, 0.15) is 12.5 Å². The second-order valence-electron chi connectivity index (χ2n) is 4.33. The normalized spacial score (nSPS) is 11.4. The number of ether oxygens (including phenoxy) is 1. The molecule has 0 fully saturated rings. The van der Waals surface area contributed by atoms with Crippen LogP contribution in [0.25, 0.3) is 0 Å². The Bertz CT molecular complexity index is 451. The van der Waals surface area contributed by atoms with Gasteiger partial charge in [0.15, 0.2) is 0 Å². The van der Waals surface area contributed by atoms with Crippen molar-refractivity contribution in [1.29, 1.82) is 5.26 Å². The van der Waals surface area contributed by atoms with Gasteiger partial charge in [-0.15, -0.1) is 0 Å². The van der Waals surface area contributed by atoms with Crippen LogP contribution < -0.4 is 4.74 Å². The van der Waals surface area contributed by atoms with E-state index < -0.39 is 0 Å². The molecule has 0 aliphatic carbocycles. The number of benzene rings is 1. The molecule has 0 radical (unpaired) electrons. The van der Waals surface area contributed by atoms with Crippen LogP contribution in [0.4, 0.5) is 0 Å². The van der Waals surface area contributed by atoms with Crippen LogP contribution in [0.3, 0.4) is 0 Å². The van der Waals surface area contributed by atoms with Crippen molar-refractivity contribution in [2.75, 3.05) is 20.7 Å². The van der Waals surface area contributed by atoms with E-state index in [0.717, 1.165) is 11.3 Å². The topological polar surface area (TPSA) is 53.3 Å². The molecule has 4 nitrogen and oxygen atoms in total. The highest BCUT2D eigenvalue weighted by Gasteiger charge is 2.12. The number of nitriles is 1. The number of methoxy groups -OCH3 is 1. The van der Waals surface area contributed by atoms with E-state index in [1.165, 1.54) is 0 Å². The van der Waals surface area contributed by atoms with Gasteiger partial charge in [-0.25, -0.2) is 0 Å². The van der Waals surface area contributed by atoms with E-state index in [4.69, 9.17) is 10.00 Å². The Morgan fingerprint density at radius 1 is 1.56 bits per heavy atom. The smallest absolute Gasteiger partial charge is 0.226 e. The first-order valence-electron chi connectivity index (χ1n) is 5.83. The minimum absolute atomic E-state index is 0.00496. The van der Waals surface area contributed by atoms with Gasteiger partial charge in [-0.1, -0.05) is 12.1 Å². The SMILES string of the molecule is COc1cccc(CC(=O)N(C)CC(C)C#N)c1. The number of amides is 1. The molecule has 0 aromatic heterocycles. The van der Waals surface area contributed by atoms with E-state index in [-0.39, 0.29) is 11.8 Å². The summed E-state index contributed by atoms with van der Waals surface area (Å²) in [5.74, 6) is 0.600. The van der Waals surface area contributed by atoms with Crippen molar-refractivity contribution in [3.8, 4) is 11.8 Å². The van der Waals surface area contributed by atoms with Crippen LogP contribution in [0.2, 0.25) is 0 Å². The molecule has 1 aromatic carbocycles. The van der Waals surface area contributed by atoms with Crippen LogP contribution in [0, 0.1) is 17.2 Å². The number of hydrogen-bond acceptors (Lipinski definition) is 3. The van der Waals surface area contributed by atoms with Crippen LogP contribution >= 0.6 is 0 Å². The minimum atomic E-state index is -0.149. The molecule has 1 unspecified atom stereocenters. The lowest BCUT2D eigenvalue weighted by Gasteiger charge is -2.18. The van der Waals surface area contributed by atoms with Crippen molar-refractivity contribution in [3.63, 3.8) is 0 Å². The summed E-state index contributed by atoms with van der Waals surface area (Å²) in [5, 5.41) is 8.72. The molecule has 18 heavy (non-hydrogen) atoms. The summed E-state index contributed by atoms with van der Waals surface area (Å²) in [6.45, 7) is 2.26. The predicted molar refractivity (Wildman–Crippen MR) is 69.1 cm³/mol. The zero-order valence-electron chi connectivity index (χ0n) is 11.0. The summed E-state index contributed by atoms with van der Waals surface area (Å²) in [4.78, 5) is 13.5. The molecular weight excluding hydrogens is 228 g/mol. The Morgan fingerprint density at radius 2 is 2.28 bits per heavy atom. The second kappa shape index (κ2) is 6.65. The van der Waals surface area contributed by atoms with Crippen molar-refractivity contribution in [1.82, 2.24) is 4.90 Å². The molecule has 0 heterocycles. The molecule has 4 heteroatoms. The molecular formula is C14H18N2O2. The number of rotatable bonds is 5. The van der Waals surface area contributed by atoms with E-state index in [1.54, 1.807) is 26.0 Å². The molecule has 0 aliphatic heterocycles. The van der Waals surface area contributed by atoms with E-state index >= 15 is 0 Å². The molecule has 0 bridgehead atoms. The fourth-order valence-corrected chi connectivity index (χ4v) is 1.65. The summed E-state index contributed by atoms with van der Waals surface area (Å²) >= 11 is 0. The number of carbonyl (C=O) groups is 1. The first kappa shape index (κ1) is 14.0. The highest BCUT2D eigenvalue weighted by Crippen LogP contribution is 2.13. The first-order valence-corrected chi connectivity index (χ1v) is 5.83. The quantitative estimate of drug-likeness (QED) is 0.796. The third-order valence-corrected chi connectivity index (χ3v) is 2.68. The van der Waals surface area contributed by atoms with Crippen molar-refractivity contribution in [2.24, 2.45) is 5.92 Å². The third-order valence-electron chi connectivity index (χ3n) is 2.68. The summed E-state index contributed by atoms with van der Waals surface area (Å²) < 4.78 is 5.11. The van der Waals surface area contributed by atoms with Gasteiger partial charge in [-0.2, -0.15) is 5.26 Å². The Labute approximate surface area is 108 Å². The Hall–Kier alpha value is -2.02. The Morgan fingerprint density at radius 3 is 2.89 bits per heavy atom. The van der Waals surface area contributed by atoms with Gasteiger partial charge in [0.25, 0.3) is 0 Å². The first-order chi connectivity index (χ1) is 8.56. The summed E-state index contributed by atoms with van der Waals surface area (Å²) in [6.07, 6.45) is 0.325. The third kappa shape index (κ3) is 4.10. The summed E-state index contributed by atoms with van der Waals surface area (Å²) in [7, 11) is 3.32. The fourth-order valence-electron chi connectivity index (χ4n) is 1.65. The van der Waals surface area contributed by atoms with Crippen LogP contribution in [-0.2, 0) is 11.2 Å². The second-order valence-corrected chi connectivity index (χ2v) is 4.33. The average Bonchev–Trinajstić information content (AvgIpc) is 2.38. The van der Waals surface area contributed by atoms with Gasteiger partial charge in [0.05, 0.1) is 25.5 Å². The van der Waals surface area contributed by atoms with Gasteiger partial charge >= 0.3 is 0 Å². The van der Waals surface area contributed by atoms with Crippen molar-refractivity contribution >= 4 is 5.91 Å². The molecule has 0 spiro atoms. The molecule has 0 saturated carbocycles. The number of hydrogen-bond donors (Lipinski definition) is 0. The maximum atomic E-state index is 11.9. The monoisotopic (exact) mass is 246 g/mol. The maximum absolute atomic E-state index is 11.9. The molecule has 0 aliphatic rings. The molecule has 1 aromatic rings. The maximum Gasteiger partial charge on any atom is 0.226 e. The van der Waals surface area contributed by atoms with Gasteiger partial charge in [-0.05, 0) is 24.6 Å². The lowest BCUT2D eigenvalue weighted by Crippen LogP contribution is -2.31. The molecule has 96 valence electrons.